The Morgan fingerprint density at radius 3 is 2.94 bits per heavy atom. The maximum atomic E-state index is 11.0. The molecule has 0 aliphatic heterocycles. The van der Waals surface area contributed by atoms with Crippen molar-refractivity contribution in [1.29, 1.82) is 0 Å². The van der Waals surface area contributed by atoms with Crippen LogP contribution in [-0.2, 0) is 4.79 Å². The lowest BCUT2D eigenvalue weighted by Gasteiger charge is -2.21. The predicted octanol–water partition coefficient (Wildman–Crippen LogP) is 2.10. The number of carboxylic acids is 1. The molecule has 5 heteroatoms. The molecule has 0 unspecified atom stereocenters. The molecule has 2 rings (SSSR count). The first-order valence-corrected chi connectivity index (χ1v) is 4.84. The second kappa shape index (κ2) is 3.52. The fourth-order valence-corrected chi connectivity index (χ4v) is 1.34. The van der Waals surface area contributed by atoms with Crippen molar-refractivity contribution in [1.82, 2.24) is 4.98 Å². The van der Waals surface area contributed by atoms with Crippen LogP contribution < -0.4 is 5.32 Å². The summed E-state index contributed by atoms with van der Waals surface area (Å²) in [5.41, 5.74) is -0.392. The normalized spacial score (nSPS) is 11.6. The summed E-state index contributed by atoms with van der Waals surface area (Å²) in [7, 11) is 0. The molecule has 0 aliphatic carbocycles. The van der Waals surface area contributed by atoms with Crippen molar-refractivity contribution in [2.45, 2.75) is 19.4 Å². The minimum Gasteiger partial charge on any atom is -0.480 e. The number of pyridine rings is 1. The van der Waals surface area contributed by atoms with Crippen molar-refractivity contribution in [2.75, 3.05) is 5.32 Å². The Labute approximate surface area is 92.1 Å². The molecule has 2 N–H and O–H groups in total. The maximum Gasteiger partial charge on any atom is 0.328 e. The monoisotopic (exact) mass is 220 g/mol. The van der Waals surface area contributed by atoms with Crippen LogP contribution in [0.4, 0.5) is 5.82 Å². The molecule has 0 fully saturated rings. The Hall–Kier alpha value is -2.04. The lowest BCUT2D eigenvalue weighted by Crippen LogP contribution is -2.40. The van der Waals surface area contributed by atoms with E-state index in [9.17, 15) is 4.79 Å². The van der Waals surface area contributed by atoms with E-state index in [0.717, 1.165) is 5.39 Å². The highest BCUT2D eigenvalue weighted by Crippen LogP contribution is 2.24. The van der Waals surface area contributed by atoms with Crippen molar-refractivity contribution in [3.8, 4) is 0 Å². The molecule has 16 heavy (non-hydrogen) atoms. The van der Waals surface area contributed by atoms with Gasteiger partial charge in [-0.1, -0.05) is 0 Å². The zero-order valence-corrected chi connectivity index (χ0v) is 9.02. The molecule has 2 aromatic rings. The quantitative estimate of drug-likeness (QED) is 0.828. The van der Waals surface area contributed by atoms with Gasteiger partial charge in [0.2, 0.25) is 0 Å². The predicted molar refractivity (Wildman–Crippen MR) is 59.3 cm³/mol. The van der Waals surface area contributed by atoms with Gasteiger partial charge in [0.15, 0.2) is 0 Å². The highest BCUT2D eigenvalue weighted by molar-refractivity contribution is 5.91. The topological polar surface area (TPSA) is 75.4 Å². The Kier molecular flexibility index (Phi) is 2.30. The van der Waals surface area contributed by atoms with Crippen LogP contribution in [0.25, 0.3) is 11.0 Å². The molecule has 0 aromatic carbocycles. The lowest BCUT2D eigenvalue weighted by molar-refractivity contribution is -0.141. The number of hydrogen-bond acceptors (Lipinski definition) is 4. The Balaban J connectivity index is 2.41. The maximum absolute atomic E-state index is 11.0. The van der Waals surface area contributed by atoms with Gasteiger partial charge in [-0.15, -0.1) is 0 Å². The van der Waals surface area contributed by atoms with E-state index in [0.29, 0.717) is 11.4 Å². The minimum atomic E-state index is -1.07. The number of anilines is 1. The van der Waals surface area contributed by atoms with E-state index in [1.807, 2.05) is 0 Å². The first-order valence-electron chi connectivity index (χ1n) is 4.84. The summed E-state index contributed by atoms with van der Waals surface area (Å²) in [6.45, 7) is 3.16. The smallest absolute Gasteiger partial charge is 0.328 e. The highest BCUT2D eigenvalue weighted by Gasteiger charge is 2.27. The van der Waals surface area contributed by atoms with E-state index in [1.54, 1.807) is 38.4 Å². The van der Waals surface area contributed by atoms with E-state index in [-0.39, 0.29) is 0 Å². The molecular weight excluding hydrogens is 208 g/mol. The van der Waals surface area contributed by atoms with Crippen LogP contribution in [-0.4, -0.2) is 21.6 Å². The number of carbonyl (C=O) groups is 1. The number of nitrogens with zero attached hydrogens (tertiary/aromatic N) is 1. The third kappa shape index (κ3) is 1.71. The molecule has 2 aromatic heterocycles. The number of aromatic nitrogens is 1. The molecule has 0 aliphatic rings. The van der Waals surface area contributed by atoms with Gasteiger partial charge in [-0.05, 0) is 26.0 Å². The Bertz CT molecular complexity index is 531. The number of rotatable bonds is 3. The molecule has 84 valence electrons. The van der Waals surface area contributed by atoms with Crippen LogP contribution >= 0.6 is 0 Å². The second-order valence-corrected chi connectivity index (χ2v) is 4.05. The molecule has 0 spiro atoms. The van der Waals surface area contributed by atoms with Crippen molar-refractivity contribution in [2.24, 2.45) is 0 Å². The van der Waals surface area contributed by atoms with Gasteiger partial charge in [-0.25, -0.2) is 9.78 Å². The third-order valence-electron chi connectivity index (χ3n) is 2.35. The second-order valence-electron chi connectivity index (χ2n) is 4.05. The zero-order chi connectivity index (χ0) is 11.8. The lowest BCUT2D eigenvalue weighted by atomic mass is 10.1. The summed E-state index contributed by atoms with van der Waals surface area (Å²) in [5.74, 6) is -0.423. The molecule has 5 nitrogen and oxygen atoms in total. The van der Waals surface area contributed by atoms with Crippen LogP contribution in [0, 0.1) is 0 Å². The fraction of sp³-hybridized carbons (Fsp3) is 0.273. The van der Waals surface area contributed by atoms with E-state index < -0.39 is 11.5 Å². The molecule has 0 saturated carbocycles. The van der Waals surface area contributed by atoms with Crippen LogP contribution in [0.1, 0.15) is 13.8 Å². The SMILES string of the molecule is CC(C)(Nc1nccc2occc12)C(=O)O. The molecule has 0 atom stereocenters. The third-order valence-corrected chi connectivity index (χ3v) is 2.35. The van der Waals surface area contributed by atoms with Crippen LogP contribution in [0.2, 0.25) is 0 Å². The average molecular weight is 220 g/mol. The summed E-state index contributed by atoms with van der Waals surface area (Å²) in [5, 5.41) is 12.7. The van der Waals surface area contributed by atoms with E-state index in [1.165, 1.54) is 0 Å². The van der Waals surface area contributed by atoms with E-state index >= 15 is 0 Å². The van der Waals surface area contributed by atoms with Crippen molar-refractivity contribution < 1.29 is 14.3 Å². The first kappa shape index (κ1) is 10.5. The number of furan rings is 1. The van der Waals surface area contributed by atoms with Crippen molar-refractivity contribution >= 4 is 22.8 Å². The van der Waals surface area contributed by atoms with Gasteiger partial charge in [0.05, 0.1) is 11.6 Å². The molecule has 0 radical (unpaired) electrons. The summed E-state index contributed by atoms with van der Waals surface area (Å²) >= 11 is 0. The minimum absolute atomic E-state index is 0.513. The molecule has 0 saturated heterocycles. The van der Waals surface area contributed by atoms with Gasteiger partial charge in [-0.3, -0.25) is 0 Å². The van der Waals surface area contributed by atoms with Gasteiger partial charge in [-0.2, -0.15) is 0 Å². The first-order chi connectivity index (χ1) is 7.50. The van der Waals surface area contributed by atoms with Crippen molar-refractivity contribution in [3.63, 3.8) is 0 Å². The van der Waals surface area contributed by atoms with Crippen molar-refractivity contribution in [3.05, 3.63) is 24.6 Å². The molecule has 2 heterocycles. The summed E-state index contributed by atoms with van der Waals surface area (Å²) in [4.78, 5) is 15.1. The molecule has 0 bridgehead atoms. The van der Waals surface area contributed by atoms with Gasteiger partial charge in [0.25, 0.3) is 0 Å². The van der Waals surface area contributed by atoms with E-state index in [4.69, 9.17) is 9.52 Å². The standard InChI is InChI=1S/C11H12N2O3/c1-11(2,10(14)15)13-9-7-4-6-16-8(7)3-5-12-9/h3-6H,1-2H3,(H,12,13)(H,14,15). The number of hydrogen-bond donors (Lipinski definition) is 2. The van der Waals surface area contributed by atoms with Gasteiger partial charge in [0, 0.05) is 6.20 Å². The summed E-state index contributed by atoms with van der Waals surface area (Å²) in [6.07, 6.45) is 3.12. The molecular formula is C11H12N2O3. The average Bonchev–Trinajstić information content (AvgIpc) is 2.65. The van der Waals surface area contributed by atoms with Gasteiger partial charge >= 0.3 is 5.97 Å². The zero-order valence-electron chi connectivity index (χ0n) is 9.02. The highest BCUT2D eigenvalue weighted by atomic mass is 16.4. The van der Waals surface area contributed by atoms with Gasteiger partial charge in [0.1, 0.15) is 16.9 Å². The molecule has 0 amide bonds. The van der Waals surface area contributed by atoms with E-state index in [2.05, 4.69) is 10.3 Å². The van der Waals surface area contributed by atoms with Crippen LogP contribution in [0.15, 0.2) is 29.0 Å². The fourth-order valence-electron chi connectivity index (χ4n) is 1.34. The van der Waals surface area contributed by atoms with Crippen LogP contribution in [0.5, 0.6) is 0 Å². The van der Waals surface area contributed by atoms with Crippen LogP contribution in [0.3, 0.4) is 0 Å². The number of fused-ring (bicyclic) bond motifs is 1. The van der Waals surface area contributed by atoms with Gasteiger partial charge < -0.3 is 14.8 Å². The number of nitrogens with one attached hydrogen (secondary N) is 1. The Morgan fingerprint density at radius 2 is 2.25 bits per heavy atom. The Morgan fingerprint density at radius 1 is 1.50 bits per heavy atom. The largest absolute Gasteiger partial charge is 0.480 e. The summed E-state index contributed by atoms with van der Waals surface area (Å²) < 4.78 is 5.21. The summed E-state index contributed by atoms with van der Waals surface area (Å²) in [6, 6.07) is 3.48. The number of aliphatic carboxylic acids is 1. The number of carboxylic acid groups (broad SMARTS) is 1.